The molecular weight excluding hydrogens is 252 g/mol. The molecule has 5 nitrogen and oxygen atoms in total. The summed E-state index contributed by atoms with van der Waals surface area (Å²) in [6.07, 6.45) is 5.79. The van der Waals surface area contributed by atoms with Crippen LogP contribution in [0.4, 0.5) is 5.82 Å². The number of rotatable bonds is 4. The van der Waals surface area contributed by atoms with Gasteiger partial charge in [-0.05, 0) is 56.6 Å². The molecule has 0 radical (unpaired) electrons. The lowest BCUT2D eigenvalue weighted by molar-refractivity contribution is 0.318. The Labute approximate surface area is 119 Å². The molecule has 3 rings (SSSR count). The van der Waals surface area contributed by atoms with Crippen LogP contribution in [-0.4, -0.2) is 29.1 Å². The van der Waals surface area contributed by atoms with Crippen molar-refractivity contribution in [1.82, 2.24) is 4.98 Å². The van der Waals surface area contributed by atoms with Crippen molar-refractivity contribution < 1.29 is 5.21 Å². The molecule has 0 saturated heterocycles. The predicted molar refractivity (Wildman–Crippen MR) is 79.4 cm³/mol. The van der Waals surface area contributed by atoms with E-state index >= 15 is 0 Å². The number of nitrogens with two attached hydrogens (primary N) is 1. The number of anilines is 1. The van der Waals surface area contributed by atoms with Gasteiger partial charge in [-0.3, -0.25) is 0 Å². The van der Waals surface area contributed by atoms with E-state index in [9.17, 15) is 0 Å². The third-order valence-electron chi connectivity index (χ3n) is 4.66. The Morgan fingerprint density at radius 2 is 2.25 bits per heavy atom. The number of hydrogen-bond acceptors (Lipinski definition) is 4. The van der Waals surface area contributed by atoms with E-state index in [-0.39, 0.29) is 5.84 Å². The summed E-state index contributed by atoms with van der Waals surface area (Å²) in [5, 5.41) is 12.2. The molecule has 5 heteroatoms. The number of fused-ring (bicyclic) bond motifs is 1. The molecule has 1 aromatic rings. The summed E-state index contributed by atoms with van der Waals surface area (Å²) in [4.78, 5) is 6.99. The van der Waals surface area contributed by atoms with Crippen LogP contribution in [-0.2, 0) is 12.8 Å². The molecule has 0 aliphatic heterocycles. The first-order chi connectivity index (χ1) is 9.61. The Hall–Kier alpha value is -1.78. The first kappa shape index (κ1) is 13.2. The second-order valence-electron chi connectivity index (χ2n) is 5.99. The van der Waals surface area contributed by atoms with Gasteiger partial charge in [-0.2, -0.15) is 0 Å². The summed E-state index contributed by atoms with van der Waals surface area (Å²) in [5.41, 5.74) is 9.01. The molecule has 3 N–H and O–H groups in total. The summed E-state index contributed by atoms with van der Waals surface area (Å²) in [7, 11) is 2.06. The average Bonchev–Trinajstić information content (AvgIpc) is 3.22. The van der Waals surface area contributed by atoms with Gasteiger partial charge in [0.1, 0.15) is 5.82 Å². The fourth-order valence-corrected chi connectivity index (χ4v) is 3.06. The zero-order chi connectivity index (χ0) is 14.3. The molecule has 1 saturated carbocycles. The van der Waals surface area contributed by atoms with Crippen molar-refractivity contribution >= 4 is 11.7 Å². The minimum Gasteiger partial charge on any atom is -0.409 e. The van der Waals surface area contributed by atoms with Gasteiger partial charge >= 0.3 is 0 Å². The molecule has 0 aromatic carbocycles. The van der Waals surface area contributed by atoms with Gasteiger partial charge in [0, 0.05) is 18.8 Å². The SMILES string of the molecule is CC(C1CC1)N(C)c1nc2c(cc1C(N)=NO)CCC2. The van der Waals surface area contributed by atoms with E-state index in [1.807, 2.05) is 0 Å². The summed E-state index contributed by atoms with van der Waals surface area (Å²) in [5.74, 6) is 1.74. The lowest BCUT2D eigenvalue weighted by Gasteiger charge is -2.28. The van der Waals surface area contributed by atoms with Crippen LogP contribution >= 0.6 is 0 Å². The largest absolute Gasteiger partial charge is 0.409 e. The number of aromatic nitrogens is 1. The highest BCUT2D eigenvalue weighted by atomic mass is 16.4. The molecule has 20 heavy (non-hydrogen) atoms. The zero-order valence-electron chi connectivity index (χ0n) is 12.1. The van der Waals surface area contributed by atoms with Crippen LogP contribution in [0.3, 0.4) is 0 Å². The first-order valence-corrected chi connectivity index (χ1v) is 7.35. The lowest BCUT2D eigenvalue weighted by Crippen LogP contribution is -2.33. The first-order valence-electron chi connectivity index (χ1n) is 7.35. The van der Waals surface area contributed by atoms with E-state index < -0.39 is 0 Å². The highest BCUT2D eigenvalue weighted by molar-refractivity contribution is 6.01. The van der Waals surface area contributed by atoms with Gasteiger partial charge in [-0.15, -0.1) is 0 Å². The molecule has 1 atom stereocenters. The Kier molecular flexibility index (Phi) is 3.28. The van der Waals surface area contributed by atoms with Crippen molar-refractivity contribution in [3.63, 3.8) is 0 Å². The molecule has 0 amide bonds. The second-order valence-corrected chi connectivity index (χ2v) is 5.99. The minimum atomic E-state index is 0.150. The molecule has 1 fully saturated rings. The quantitative estimate of drug-likeness (QED) is 0.380. The maximum Gasteiger partial charge on any atom is 0.173 e. The number of hydrogen-bond donors (Lipinski definition) is 2. The third-order valence-corrected chi connectivity index (χ3v) is 4.66. The normalized spacial score (nSPS) is 19.8. The third kappa shape index (κ3) is 2.21. The molecule has 0 spiro atoms. The fraction of sp³-hybridized carbons (Fsp3) is 0.600. The van der Waals surface area contributed by atoms with Crippen LogP contribution in [0.2, 0.25) is 0 Å². The molecule has 108 valence electrons. The van der Waals surface area contributed by atoms with Crippen molar-refractivity contribution in [3.05, 3.63) is 22.9 Å². The molecule has 1 heterocycles. The highest BCUT2D eigenvalue weighted by Gasteiger charge is 2.32. The van der Waals surface area contributed by atoms with Gasteiger partial charge in [0.25, 0.3) is 0 Å². The summed E-state index contributed by atoms with van der Waals surface area (Å²) in [6, 6.07) is 2.49. The number of nitrogens with zero attached hydrogens (tertiary/aromatic N) is 3. The van der Waals surface area contributed by atoms with Crippen molar-refractivity contribution in [2.75, 3.05) is 11.9 Å². The Bertz CT molecular complexity index is 551. The van der Waals surface area contributed by atoms with E-state index in [0.29, 0.717) is 6.04 Å². The number of aryl methyl sites for hydroxylation is 2. The molecular formula is C15H22N4O. The zero-order valence-corrected chi connectivity index (χ0v) is 12.1. The van der Waals surface area contributed by atoms with Gasteiger partial charge in [-0.1, -0.05) is 5.16 Å². The molecule has 0 bridgehead atoms. The van der Waals surface area contributed by atoms with Gasteiger partial charge in [0.2, 0.25) is 0 Å². The number of amidine groups is 1. The monoisotopic (exact) mass is 274 g/mol. The topological polar surface area (TPSA) is 74.7 Å². The minimum absolute atomic E-state index is 0.150. The fourth-order valence-electron chi connectivity index (χ4n) is 3.06. The Morgan fingerprint density at radius 3 is 2.90 bits per heavy atom. The summed E-state index contributed by atoms with van der Waals surface area (Å²) < 4.78 is 0. The van der Waals surface area contributed by atoms with Crippen molar-refractivity contribution in [2.45, 2.75) is 45.1 Å². The van der Waals surface area contributed by atoms with Crippen molar-refractivity contribution in [1.29, 1.82) is 0 Å². The van der Waals surface area contributed by atoms with E-state index in [2.05, 4.69) is 30.1 Å². The molecule has 1 aromatic heterocycles. The molecule has 2 aliphatic rings. The van der Waals surface area contributed by atoms with Crippen LogP contribution < -0.4 is 10.6 Å². The van der Waals surface area contributed by atoms with Gasteiger partial charge < -0.3 is 15.8 Å². The number of oxime groups is 1. The van der Waals surface area contributed by atoms with Crippen LogP contribution in [0.1, 0.15) is 43.0 Å². The molecule has 1 unspecified atom stereocenters. The van der Waals surface area contributed by atoms with Gasteiger partial charge in [0.15, 0.2) is 5.84 Å². The van der Waals surface area contributed by atoms with Crippen molar-refractivity contribution in [2.24, 2.45) is 16.8 Å². The van der Waals surface area contributed by atoms with E-state index in [0.717, 1.165) is 36.6 Å². The Morgan fingerprint density at radius 1 is 1.50 bits per heavy atom. The van der Waals surface area contributed by atoms with Crippen LogP contribution in [0.5, 0.6) is 0 Å². The molecule has 2 aliphatic carbocycles. The van der Waals surface area contributed by atoms with Gasteiger partial charge in [-0.25, -0.2) is 4.98 Å². The maximum atomic E-state index is 9.02. The van der Waals surface area contributed by atoms with E-state index in [4.69, 9.17) is 15.9 Å². The average molecular weight is 274 g/mol. The maximum absolute atomic E-state index is 9.02. The van der Waals surface area contributed by atoms with E-state index in [1.165, 1.54) is 24.1 Å². The van der Waals surface area contributed by atoms with Crippen LogP contribution in [0, 0.1) is 5.92 Å². The standard InChI is InChI=1S/C15H22N4O/c1-9(10-6-7-10)19(2)15-12(14(16)18-20)8-11-4-3-5-13(11)17-15/h8-10,20H,3-7H2,1-2H3,(H2,16,18). The van der Waals surface area contributed by atoms with Crippen LogP contribution in [0.15, 0.2) is 11.2 Å². The van der Waals surface area contributed by atoms with E-state index in [1.54, 1.807) is 0 Å². The van der Waals surface area contributed by atoms with Gasteiger partial charge in [0.05, 0.1) is 5.56 Å². The highest BCUT2D eigenvalue weighted by Crippen LogP contribution is 2.37. The number of pyridine rings is 1. The van der Waals surface area contributed by atoms with Crippen LogP contribution in [0.25, 0.3) is 0 Å². The Balaban J connectivity index is 2.02. The smallest absolute Gasteiger partial charge is 0.173 e. The van der Waals surface area contributed by atoms with Crippen molar-refractivity contribution in [3.8, 4) is 0 Å². The summed E-state index contributed by atoms with van der Waals surface area (Å²) >= 11 is 0. The predicted octanol–water partition coefficient (Wildman–Crippen LogP) is 1.90. The second kappa shape index (κ2) is 4.96. The lowest BCUT2D eigenvalue weighted by atomic mass is 10.1. The summed E-state index contributed by atoms with van der Waals surface area (Å²) in [6.45, 7) is 2.22.